The maximum Gasteiger partial charge on any atom is 0.106 e. The van der Waals surface area contributed by atoms with Crippen molar-refractivity contribution in [1.82, 2.24) is 4.98 Å². The highest BCUT2D eigenvalue weighted by molar-refractivity contribution is 7.99. The van der Waals surface area contributed by atoms with Gasteiger partial charge in [-0.2, -0.15) is 11.8 Å². The van der Waals surface area contributed by atoms with E-state index in [9.17, 15) is 0 Å². The Morgan fingerprint density at radius 3 is 3.06 bits per heavy atom. The molecule has 1 heterocycles. The van der Waals surface area contributed by atoms with Crippen LogP contribution in [-0.4, -0.2) is 27.5 Å². The van der Waals surface area contributed by atoms with Crippen LogP contribution in [0.15, 0.2) is 18.5 Å². The van der Waals surface area contributed by atoms with Gasteiger partial charge < -0.3 is 11.1 Å². The number of pyridine rings is 1. The normalized spacial score (nSPS) is 12.1. The minimum absolute atomic E-state index is 0.377. The number of thiocarbonyl (C=S) groups is 1. The summed E-state index contributed by atoms with van der Waals surface area (Å²) < 4.78 is 0. The summed E-state index contributed by atoms with van der Waals surface area (Å²) in [5.41, 5.74) is 7.42. The van der Waals surface area contributed by atoms with Crippen molar-refractivity contribution in [3.8, 4) is 0 Å². The van der Waals surface area contributed by atoms with Crippen LogP contribution in [0.2, 0.25) is 0 Å². The Kier molecular flexibility index (Phi) is 5.55. The molecule has 3 nitrogen and oxygen atoms in total. The summed E-state index contributed by atoms with van der Waals surface area (Å²) >= 11 is 6.90. The molecular weight excluding hydrogens is 238 g/mol. The van der Waals surface area contributed by atoms with Gasteiger partial charge in [0, 0.05) is 23.6 Å². The summed E-state index contributed by atoms with van der Waals surface area (Å²) in [5, 5.41) is 3.38. The third-order valence-electron chi connectivity index (χ3n) is 2.06. The summed E-state index contributed by atoms with van der Waals surface area (Å²) in [6, 6.07) is 2.21. The zero-order valence-corrected chi connectivity index (χ0v) is 11.2. The number of nitrogens with two attached hydrogens (primary N) is 1. The fraction of sp³-hybridized carbons (Fsp3) is 0.455. The number of hydrogen-bond acceptors (Lipinski definition) is 4. The quantitative estimate of drug-likeness (QED) is 0.764. The molecule has 0 aromatic carbocycles. The molecule has 0 bridgehead atoms. The number of rotatable bonds is 6. The van der Waals surface area contributed by atoms with Crippen LogP contribution in [0.4, 0.5) is 5.69 Å². The summed E-state index contributed by atoms with van der Waals surface area (Å²) in [7, 11) is 0. The predicted octanol–water partition coefficient (Wildman–Crippen LogP) is 2.27. The maximum absolute atomic E-state index is 5.65. The molecular formula is C11H17N3S2. The fourth-order valence-corrected chi connectivity index (χ4v) is 2.18. The average Bonchev–Trinajstić information content (AvgIpc) is 2.27. The number of nitrogens with one attached hydrogen (secondary N) is 1. The van der Waals surface area contributed by atoms with Gasteiger partial charge in [-0.15, -0.1) is 0 Å². The van der Waals surface area contributed by atoms with Crippen LogP contribution in [-0.2, 0) is 0 Å². The Balaban J connectivity index is 2.69. The van der Waals surface area contributed by atoms with Gasteiger partial charge in [0.15, 0.2) is 0 Å². The van der Waals surface area contributed by atoms with Gasteiger partial charge in [-0.3, -0.25) is 4.98 Å². The minimum Gasteiger partial charge on any atom is -0.389 e. The molecule has 0 amide bonds. The van der Waals surface area contributed by atoms with Crippen molar-refractivity contribution in [3.05, 3.63) is 24.0 Å². The standard InChI is InChI=1S/C11H17N3S2/c1-3-16-7-8(2)14-10-6-13-5-4-9(10)11(12)15/h4-6,8,14H,3,7H2,1-2H3,(H2,12,15). The fourth-order valence-electron chi connectivity index (χ4n) is 1.33. The van der Waals surface area contributed by atoms with Gasteiger partial charge in [-0.05, 0) is 18.7 Å². The first-order chi connectivity index (χ1) is 7.65. The summed E-state index contributed by atoms with van der Waals surface area (Å²) in [6.45, 7) is 4.29. The van der Waals surface area contributed by atoms with Crippen LogP contribution in [0.25, 0.3) is 0 Å². The van der Waals surface area contributed by atoms with Gasteiger partial charge in [0.25, 0.3) is 0 Å². The highest BCUT2D eigenvalue weighted by Gasteiger charge is 2.07. The molecule has 0 aliphatic rings. The largest absolute Gasteiger partial charge is 0.389 e. The predicted molar refractivity (Wildman–Crippen MR) is 76.2 cm³/mol. The smallest absolute Gasteiger partial charge is 0.106 e. The number of hydrogen-bond donors (Lipinski definition) is 2. The molecule has 88 valence electrons. The molecule has 0 fully saturated rings. The molecule has 1 rings (SSSR count). The van der Waals surface area contributed by atoms with Crippen molar-refractivity contribution in [1.29, 1.82) is 0 Å². The van der Waals surface area contributed by atoms with Crippen LogP contribution in [0.3, 0.4) is 0 Å². The van der Waals surface area contributed by atoms with Gasteiger partial charge in [0.1, 0.15) is 4.99 Å². The van der Waals surface area contributed by atoms with E-state index in [-0.39, 0.29) is 0 Å². The SMILES string of the molecule is CCSCC(C)Nc1cnccc1C(N)=S. The lowest BCUT2D eigenvalue weighted by molar-refractivity contribution is 0.910. The molecule has 5 heteroatoms. The minimum atomic E-state index is 0.377. The molecule has 3 N–H and O–H groups in total. The van der Waals surface area contributed by atoms with E-state index in [1.54, 1.807) is 12.4 Å². The molecule has 1 atom stereocenters. The lowest BCUT2D eigenvalue weighted by Crippen LogP contribution is -2.21. The van der Waals surface area contributed by atoms with Crippen molar-refractivity contribution in [2.24, 2.45) is 5.73 Å². The maximum atomic E-state index is 5.65. The highest BCUT2D eigenvalue weighted by atomic mass is 32.2. The molecule has 0 aliphatic carbocycles. The number of thioether (sulfide) groups is 1. The second kappa shape index (κ2) is 6.70. The van der Waals surface area contributed by atoms with Gasteiger partial charge in [0.2, 0.25) is 0 Å². The zero-order valence-electron chi connectivity index (χ0n) is 9.56. The van der Waals surface area contributed by atoms with Crippen LogP contribution in [0, 0.1) is 0 Å². The molecule has 0 saturated heterocycles. The van der Waals surface area contributed by atoms with E-state index < -0.39 is 0 Å². The first kappa shape index (κ1) is 13.3. The number of nitrogens with zero attached hydrogens (tertiary/aromatic N) is 1. The summed E-state index contributed by atoms with van der Waals surface area (Å²) in [6.07, 6.45) is 3.47. The van der Waals surface area contributed by atoms with E-state index in [1.165, 1.54) is 0 Å². The molecule has 0 saturated carbocycles. The molecule has 0 aliphatic heterocycles. The highest BCUT2D eigenvalue weighted by Crippen LogP contribution is 2.15. The Labute approximate surface area is 106 Å². The van der Waals surface area contributed by atoms with E-state index in [0.717, 1.165) is 22.8 Å². The van der Waals surface area contributed by atoms with E-state index in [1.807, 2.05) is 17.8 Å². The van der Waals surface area contributed by atoms with Gasteiger partial charge >= 0.3 is 0 Å². The lowest BCUT2D eigenvalue weighted by Gasteiger charge is -2.16. The zero-order chi connectivity index (χ0) is 12.0. The molecule has 1 aromatic rings. The van der Waals surface area contributed by atoms with Crippen molar-refractivity contribution in [3.63, 3.8) is 0 Å². The second-order valence-corrected chi connectivity index (χ2v) is 5.25. The lowest BCUT2D eigenvalue weighted by atomic mass is 10.2. The van der Waals surface area contributed by atoms with Crippen molar-refractivity contribution in [2.75, 3.05) is 16.8 Å². The van der Waals surface area contributed by atoms with Crippen molar-refractivity contribution in [2.45, 2.75) is 19.9 Å². The third kappa shape index (κ3) is 3.98. The number of anilines is 1. The van der Waals surface area contributed by atoms with Crippen LogP contribution in [0.1, 0.15) is 19.4 Å². The Morgan fingerprint density at radius 2 is 2.44 bits per heavy atom. The molecule has 0 radical (unpaired) electrons. The monoisotopic (exact) mass is 255 g/mol. The van der Waals surface area contributed by atoms with Crippen LogP contribution in [0.5, 0.6) is 0 Å². The summed E-state index contributed by atoms with van der Waals surface area (Å²) in [5.74, 6) is 2.18. The topological polar surface area (TPSA) is 50.9 Å². The first-order valence-corrected chi connectivity index (χ1v) is 6.79. The van der Waals surface area contributed by atoms with Gasteiger partial charge in [-0.25, -0.2) is 0 Å². The van der Waals surface area contributed by atoms with E-state index >= 15 is 0 Å². The van der Waals surface area contributed by atoms with E-state index in [2.05, 4.69) is 24.1 Å². The average molecular weight is 255 g/mol. The first-order valence-electron chi connectivity index (χ1n) is 5.23. The number of aromatic nitrogens is 1. The van der Waals surface area contributed by atoms with Crippen molar-refractivity contribution >= 4 is 34.7 Å². The van der Waals surface area contributed by atoms with E-state index in [4.69, 9.17) is 18.0 Å². The Hall–Kier alpha value is -0.810. The Morgan fingerprint density at radius 1 is 1.69 bits per heavy atom. The molecule has 1 aromatic heterocycles. The van der Waals surface area contributed by atoms with E-state index in [0.29, 0.717) is 11.0 Å². The summed E-state index contributed by atoms with van der Waals surface area (Å²) in [4.78, 5) is 4.48. The van der Waals surface area contributed by atoms with Gasteiger partial charge in [-0.1, -0.05) is 19.1 Å². The van der Waals surface area contributed by atoms with Crippen molar-refractivity contribution < 1.29 is 0 Å². The molecule has 0 spiro atoms. The van der Waals surface area contributed by atoms with Crippen LogP contribution >= 0.6 is 24.0 Å². The van der Waals surface area contributed by atoms with Gasteiger partial charge in [0.05, 0.1) is 11.9 Å². The molecule has 16 heavy (non-hydrogen) atoms. The third-order valence-corrected chi connectivity index (χ3v) is 3.42. The molecule has 1 unspecified atom stereocenters. The Bertz CT molecular complexity index is 355. The van der Waals surface area contributed by atoms with Crippen LogP contribution < -0.4 is 11.1 Å². The second-order valence-electron chi connectivity index (χ2n) is 3.49.